The van der Waals surface area contributed by atoms with Gasteiger partial charge in [-0.1, -0.05) is 38.9 Å². The number of amides is 3. The molecule has 3 amide bonds. The summed E-state index contributed by atoms with van der Waals surface area (Å²) >= 11 is 0. The number of anilines is 2. The molecule has 1 aromatic heterocycles. The minimum absolute atomic E-state index is 0.0534. The second kappa shape index (κ2) is 9.16. The minimum Gasteiger partial charge on any atom is -0.339 e. The van der Waals surface area contributed by atoms with Gasteiger partial charge in [0.25, 0.3) is 0 Å². The highest BCUT2D eigenvalue weighted by molar-refractivity contribution is 5.94. The highest BCUT2D eigenvalue weighted by Gasteiger charge is 2.12. The minimum atomic E-state index is -0.389. The number of nitrogens with zero attached hydrogens (tertiary/aromatic N) is 2. The summed E-state index contributed by atoms with van der Waals surface area (Å²) in [5.41, 5.74) is 2.14. The number of aryl methyl sites for hydroxylation is 1. The van der Waals surface area contributed by atoms with E-state index in [1.165, 1.54) is 0 Å². The molecule has 146 valence electrons. The average molecular weight is 373 g/mol. The second-order valence-corrected chi connectivity index (χ2v) is 7.19. The highest BCUT2D eigenvalue weighted by Crippen LogP contribution is 2.21. The van der Waals surface area contributed by atoms with E-state index in [-0.39, 0.29) is 30.3 Å². The molecule has 1 heterocycles. The van der Waals surface area contributed by atoms with E-state index in [1.54, 1.807) is 6.07 Å². The molecule has 0 radical (unpaired) electrons. The molecule has 0 spiro atoms. The third-order valence-corrected chi connectivity index (χ3v) is 3.75. The van der Waals surface area contributed by atoms with E-state index in [4.69, 9.17) is 4.52 Å². The zero-order valence-corrected chi connectivity index (χ0v) is 16.4. The SMILES string of the molecule is Cc1ccc(NC(=O)CC(C)C)cc1NC(=O)NCc1noc(C(C)C)n1. The van der Waals surface area contributed by atoms with Crippen LogP contribution in [-0.2, 0) is 11.3 Å². The molecule has 0 aliphatic heterocycles. The van der Waals surface area contributed by atoms with Crippen molar-refractivity contribution in [3.8, 4) is 0 Å². The summed E-state index contributed by atoms with van der Waals surface area (Å²) in [6.07, 6.45) is 0.445. The Hall–Kier alpha value is -2.90. The number of hydrogen-bond donors (Lipinski definition) is 3. The summed E-state index contributed by atoms with van der Waals surface area (Å²) in [6, 6.07) is 5.00. The molecule has 0 atom stereocenters. The monoisotopic (exact) mass is 373 g/mol. The Kier molecular flexibility index (Phi) is 6.92. The molecule has 0 saturated carbocycles. The smallest absolute Gasteiger partial charge is 0.319 e. The van der Waals surface area contributed by atoms with Crippen LogP contribution in [0.3, 0.4) is 0 Å². The van der Waals surface area contributed by atoms with Crippen LogP contribution in [0.1, 0.15) is 57.3 Å². The van der Waals surface area contributed by atoms with Crippen LogP contribution in [0.25, 0.3) is 0 Å². The van der Waals surface area contributed by atoms with Gasteiger partial charge in [0.15, 0.2) is 5.82 Å². The van der Waals surface area contributed by atoms with Gasteiger partial charge in [-0.05, 0) is 30.5 Å². The lowest BCUT2D eigenvalue weighted by atomic mass is 10.1. The maximum atomic E-state index is 12.2. The van der Waals surface area contributed by atoms with E-state index in [0.29, 0.717) is 29.5 Å². The Morgan fingerprint density at radius 2 is 1.89 bits per heavy atom. The molecule has 0 saturated heterocycles. The van der Waals surface area contributed by atoms with Crippen molar-refractivity contribution in [1.29, 1.82) is 0 Å². The lowest BCUT2D eigenvalue weighted by Gasteiger charge is -2.12. The van der Waals surface area contributed by atoms with Gasteiger partial charge in [-0.2, -0.15) is 4.98 Å². The molecule has 0 unspecified atom stereocenters. The molecule has 0 bridgehead atoms. The molecule has 27 heavy (non-hydrogen) atoms. The lowest BCUT2D eigenvalue weighted by molar-refractivity contribution is -0.116. The van der Waals surface area contributed by atoms with Gasteiger partial charge in [-0.25, -0.2) is 4.79 Å². The van der Waals surface area contributed by atoms with Gasteiger partial charge in [-0.3, -0.25) is 4.79 Å². The number of benzene rings is 1. The molecule has 0 aliphatic carbocycles. The molecule has 0 aliphatic rings. The van der Waals surface area contributed by atoms with E-state index in [1.807, 2.05) is 46.8 Å². The van der Waals surface area contributed by atoms with Crippen LogP contribution in [0.5, 0.6) is 0 Å². The predicted molar refractivity (Wildman–Crippen MR) is 104 cm³/mol. The van der Waals surface area contributed by atoms with Gasteiger partial charge in [0.1, 0.15) is 0 Å². The van der Waals surface area contributed by atoms with Gasteiger partial charge < -0.3 is 20.5 Å². The number of aromatic nitrogens is 2. The van der Waals surface area contributed by atoms with E-state index in [2.05, 4.69) is 26.1 Å². The second-order valence-electron chi connectivity index (χ2n) is 7.19. The van der Waals surface area contributed by atoms with Crippen LogP contribution in [0.2, 0.25) is 0 Å². The fourth-order valence-corrected chi connectivity index (χ4v) is 2.32. The topological polar surface area (TPSA) is 109 Å². The van der Waals surface area contributed by atoms with E-state index >= 15 is 0 Å². The molecule has 0 fully saturated rings. The Balaban J connectivity index is 1.93. The average Bonchev–Trinajstić information content (AvgIpc) is 3.04. The number of hydrogen-bond acceptors (Lipinski definition) is 5. The van der Waals surface area contributed by atoms with Crippen molar-refractivity contribution in [2.24, 2.45) is 5.92 Å². The fraction of sp³-hybridized carbons (Fsp3) is 0.474. The number of urea groups is 1. The fourth-order valence-electron chi connectivity index (χ4n) is 2.32. The van der Waals surface area contributed by atoms with Crippen LogP contribution in [-0.4, -0.2) is 22.1 Å². The van der Waals surface area contributed by atoms with E-state index < -0.39 is 0 Å². The van der Waals surface area contributed by atoms with Gasteiger partial charge in [-0.15, -0.1) is 0 Å². The van der Waals surface area contributed by atoms with Gasteiger partial charge >= 0.3 is 6.03 Å². The molecule has 2 rings (SSSR count). The highest BCUT2D eigenvalue weighted by atomic mass is 16.5. The molecular weight excluding hydrogens is 346 g/mol. The van der Waals surface area contributed by atoms with Gasteiger partial charge in [0.2, 0.25) is 11.8 Å². The molecule has 8 heteroatoms. The first kappa shape index (κ1) is 20.4. The summed E-state index contributed by atoms with van der Waals surface area (Å²) in [5, 5.41) is 12.1. The zero-order valence-electron chi connectivity index (χ0n) is 16.4. The summed E-state index contributed by atoms with van der Waals surface area (Å²) < 4.78 is 5.10. The van der Waals surface area contributed by atoms with Crippen molar-refractivity contribution in [3.63, 3.8) is 0 Å². The lowest BCUT2D eigenvalue weighted by Crippen LogP contribution is -2.29. The third-order valence-electron chi connectivity index (χ3n) is 3.75. The number of nitrogens with one attached hydrogen (secondary N) is 3. The first-order valence-electron chi connectivity index (χ1n) is 9.02. The van der Waals surface area contributed by atoms with Crippen molar-refractivity contribution in [2.75, 3.05) is 10.6 Å². The van der Waals surface area contributed by atoms with Crippen molar-refractivity contribution in [2.45, 2.75) is 53.5 Å². The van der Waals surface area contributed by atoms with Gasteiger partial charge in [0.05, 0.1) is 6.54 Å². The maximum absolute atomic E-state index is 12.2. The quantitative estimate of drug-likeness (QED) is 0.684. The molecule has 2 aromatic rings. The molecule has 8 nitrogen and oxygen atoms in total. The number of carbonyl (C=O) groups excluding carboxylic acids is 2. The normalized spacial score (nSPS) is 10.9. The van der Waals surface area contributed by atoms with E-state index in [0.717, 1.165) is 5.56 Å². The Bertz CT molecular complexity index is 798. The van der Waals surface area contributed by atoms with Crippen molar-refractivity contribution in [1.82, 2.24) is 15.5 Å². The number of carbonyl (C=O) groups is 2. The standard InChI is InChI=1S/C19H27N5O3/c1-11(2)8-17(25)21-14-7-6-13(5)15(9-14)22-19(26)20-10-16-23-18(12(3)4)27-24-16/h6-7,9,11-12H,8,10H2,1-5H3,(H,21,25)(H2,20,22,26). The molecular formula is C19H27N5O3. The first-order chi connectivity index (χ1) is 12.7. The largest absolute Gasteiger partial charge is 0.339 e. The van der Waals surface area contributed by atoms with Crippen LogP contribution in [0, 0.1) is 12.8 Å². The maximum Gasteiger partial charge on any atom is 0.319 e. The molecule has 3 N–H and O–H groups in total. The summed E-state index contributed by atoms with van der Waals surface area (Å²) in [4.78, 5) is 28.3. The van der Waals surface area contributed by atoms with Crippen molar-refractivity contribution in [3.05, 3.63) is 35.5 Å². The van der Waals surface area contributed by atoms with Crippen LogP contribution in [0.4, 0.5) is 16.2 Å². The third kappa shape index (κ3) is 6.40. The first-order valence-corrected chi connectivity index (χ1v) is 9.02. The summed E-state index contributed by atoms with van der Waals surface area (Å²) in [6.45, 7) is 9.91. The van der Waals surface area contributed by atoms with Crippen molar-refractivity contribution < 1.29 is 14.1 Å². The number of rotatable bonds is 7. The van der Waals surface area contributed by atoms with Gasteiger partial charge in [0, 0.05) is 23.7 Å². The van der Waals surface area contributed by atoms with E-state index in [9.17, 15) is 9.59 Å². The van der Waals surface area contributed by atoms with Crippen molar-refractivity contribution >= 4 is 23.3 Å². The zero-order chi connectivity index (χ0) is 20.0. The van der Waals surface area contributed by atoms with Crippen LogP contribution < -0.4 is 16.0 Å². The summed E-state index contributed by atoms with van der Waals surface area (Å²) in [5.74, 6) is 1.31. The Morgan fingerprint density at radius 1 is 1.15 bits per heavy atom. The Morgan fingerprint density at radius 3 is 2.52 bits per heavy atom. The summed E-state index contributed by atoms with van der Waals surface area (Å²) in [7, 11) is 0. The predicted octanol–water partition coefficient (Wildman–Crippen LogP) is 3.81. The van der Waals surface area contributed by atoms with Crippen LogP contribution in [0.15, 0.2) is 22.7 Å². The van der Waals surface area contributed by atoms with Crippen LogP contribution >= 0.6 is 0 Å². The molecule has 1 aromatic carbocycles. The Labute approximate surface area is 159 Å².